The van der Waals surface area contributed by atoms with Crippen LogP contribution in [0.25, 0.3) is 11.0 Å². The number of nitro groups is 1. The summed E-state index contributed by atoms with van der Waals surface area (Å²) in [6.45, 7) is 0.720. The number of hydrogen-bond donors (Lipinski definition) is 1. The molecular formula is C12H16N4O3. The number of nitro benzene ring substituents is 1. The van der Waals surface area contributed by atoms with E-state index in [2.05, 4.69) is 4.98 Å². The number of aliphatic hydroxyl groups excluding tert-OH is 1. The molecule has 0 aliphatic rings. The number of aryl methyl sites for hydroxylation is 1. The van der Waals surface area contributed by atoms with Crippen LogP contribution in [-0.4, -0.2) is 40.3 Å². The van der Waals surface area contributed by atoms with E-state index < -0.39 is 4.92 Å². The number of aromatic nitrogens is 2. The van der Waals surface area contributed by atoms with Crippen LogP contribution in [0.1, 0.15) is 6.42 Å². The first-order valence-electron chi connectivity index (χ1n) is 5.97. The van der Waals surface area contributed by atoms with Gasteiger partial charge in [0.15, 0.2) is 0 Å². The molecular weight excluding hydrogens is 248 g/mol. The standard InChI is InChI=1S/C12H16N4O3/c1-14(2)12-13-10-8-9(16(18)19)4-5-11(10)15(12)6-3-7-17/h4-5,8,17H,3,6-7H2,1-2H3. The average Bonchev–Trinajstić information content (AvgIpc) is 2.74. The second kappa shape index (κ2) is 5.23. The van der Waals surface area contributed by atoms with Gasteiger partial charge in [-0.05, 0) is 12.5 Å². The maximum absolute atomic E-state index is 10.8. The maximum Gasteiger partial charge on any atom is 0.271 e. The maximum atomic E-state index is 10.8. The van der Waals surface area contributed by atoms with Gasteiger partial charge in [-0.3, -0.25) is 10.1 Å². The Bertz CT molecular complexity index is 606. The molecule has 7 heteroatoms. The summed E-state index contributed by atoms with van der Waals surface area (Å²) in [5.74, 6) is 0.726. The highest BCUT2D eigenvalue weighted by Crippen LogP contribution is 2.25. The fraction of sp³-hybridized carbons (Fsp3) is 0.417. The summed E-state index contributed by atoms with van der Waals surface area (Å²) >= 11 is 0. The molecule has 0 saturated carbocycles. The lowest BCUT2D eigenvalue weighted by Crippen LogP contribution is -2.15. The minimum absolute atomic E-state index is 0.0321. The summed E-state index contributed by atoms with van der Waals surface area (Å²) in [6.07, 6.45) is 0.614. The lowest BCUT2D eigenvalue weighted by atomic mass is 10.3. The van der Waals surface area contributed by atoms with Gasteiger partial charge < -0.3 is 14.6 Å². The summed E-state index contributed by atoms with van der Waals surface area (Å²) in [5, 5.41) is 19.7. The molecule has 0 amide bonds. The van der Waals surface area contributed by atoms with Crippen LogP contribution in [0.5, 0.6) is 0 Å². The molecule has 1 aromatic heterocycles. The van der Waals surface area contributed by atoms with Crippen LogP contribution in [0, 0.1) is 10.1 Å². The zero-order chi connectivity index (χ0) is 14.0. The number of benzene rings is 1. The molecule has 0 spiro atoms. The number of rotatable bonds is 5. The first-order valence-corrected chi connectivity index (χ1v) is 5.97. The third-order valence-corrected chi connectivity index (χ3v) is 2.86. The zero-order valence-corrected chi connectivity index (χ0v) is 10.9. The number of nitrogens with zero attached hydrogens (tertiary/aromatic N) is 4. The van der Waals surface area contributed by atoms with Gasteiger partial charge in [0.05, 0.1) is 16.0 Å². The van der Waals surface area contributed by atoms with Crippen LogP contribution in [0.15, 0.2) is 18.2 Å². The van der Waals surface area contributed by atoms with E-state index in [1.807, 2.05) is 23.6 Å². The topological polar surface area (TPSA) is 84.4 Å². The van der Waals surface area contributed by atoms with Crippen LogP contribution in [0.2, 0.25) is 0 Å². The first-order chi connectivity index (χ1) is 9.04. The van der Waals surface area contributed by atoms with Crippen molar-refractivity contribution in [3.8, 4) is 0 Å². The summed E-state index contributed by atoms with van der Waals surface area (Å²) in [5.41, 5.74) is 1.46. The molecule has 0 unspecified atom stereocenters. The molecule has 2 rings (SSSR count). The lowest BCUT2D eigenvalue weighted by molar-refractivity contribution is -0.384. The average molecular weight is 264 g/mol. The second-order valence-electron chi connectivity index (χ2n) is 4.47. The highest BCUT2D eigenvalue weighted by molar-refractivity contribution is 5.81. The van der Waals surface area contributed by atoms with Gasteiger partial charge in [-0.15, -0.1) is 0 Å². The van der Waals surface area contributed by atoms with Crippen molar-refractivity contribution in [2.24, 2.45) is 0 Å². The van der Waals surface area contributed by atoms with E-state index >= 15 is 0 Å². The second-order valence-corrected chi connectivity index (χ2v) is 4.47. The Labute approximate surface area is 110 Å². The molecule has 0 aliphatic carbocycles. The largest absolute Gasteiger partial charge is 0.396 e. The molecule has 2 aromatic rings. The zero-order valence-electron chi connectivity index (χ0n) is 10.9. The molecule has 0 atom stereocenters. The van der Waals surface area contributed by atoms with Crippen LogP contribution >= 0.6 is 0 Å². The number of non-ortho nitro benzene ring substituents is 1. The van der Waals surface area contributed by atoms with Gasteiger partial charge in [-0.2, -0.15) is 0 Å². The first kappa shape index (κ1) is 13.3. The number of hydrogen-bond acceptors (Lipinski definition) is 5. The smallest absolute Gasteiger partial charge is 0.271 e. The van der Waals surface area contributed by atoms with Gasteiger partial charge in [-0.1, -0.05) is 0 Å². The van der Waals surface area contributed by atoms with Crippen molar-refractivity contribution in [2.45, 2.75) is 13.0 Å². The van der Waals surface area contributed by atoms with Crippen LogP contribution in [0.3, 0.4) is 0 Å². The van der Waals surface area contributed by atoms with Crippen molar-refractivity contribution < 1.29 is 10.0 Å². The van der Waals surface area contributed by atoms with E-state index in [4.69, 9.17) is 5.11 Å². The Hall–Kier alpha value is -2.15. The molecule has 7 nitrogen and oxygen atoms in total. The van der Waals surface area contributed by atoms with E-state index in [0.717, 1.165) is 11.5 Å². The quantitative estimate of drug-likeness (QED) is 0.651. The van der Waals surface area contributed by atoms with Crippen molar-refractivity contribution in [3.63, 3.8) is 0 Å². The SMILES string of the molecule is CN(C)c1nc2cc([N+](=O)[O-])ccc2n1CCCO. The molecule has 1 heterocycles. The van der Waals surface area contributed by atoms with E-state index in [1.165, 1.54) is 12.1 Å². The molecule has 1 aromatic carbocycles. The highest BCUT2D eigenvalue weighted by Gasteiger charge is 2.15. The van der Waals surface area contributed by atoms with Crippen LogP contribution < -0.4 is 4.90 Å². The molecule has 102 valence electrons. The van der Waals surface area contributed by atoms with Crippen molar-refractivity contribution in [2.75, 3.05) is 25.6 Å². The summed E-state index contributed by atoms with van der Waals surface area (Å²) in [7, 11) is 3.73. The van der Waals surface area contributed by atoms with E-state index in [-0.39, 0.29) is 12.3 Å². The minimum atomic E-state index is -0.429. The van der Waals surface area contributed by atoms with Crippen LogP contribution in [-0.2, 0) is 6.54 Å². The fourth-order valence-electron chi connectivity index (χ4n) is 2.01. The van der Waals surface area contributed by atoms with E-state index in [1.54, 1.807) is 6.07 Å². The Balaban J connectivity index is 2.56. The Morgan fingerprint density at radius 3 is 2.79 bits per heavy atom. The van der Waals surface area contributed by atoms with Crippen LogP contribution in [0.4, 0.5) is 11.6 Å². The third kappa shape index (κ3) is 2.50. The molecule has 1 N–H and O–H groups in total. The normalized spacial score (nSPS) is 10.9. The Kier molecular flexibility index (Phi) is 3.66. The highest BCUT2D eigenvalue weighted by atomic mass is 16.6. The van der Waals surface area contributed by atoms with Gasteiger partial charge in [0.25, 0.3) is 5.69 Å². The summed E-state index contributed by atoms with van der Waals surface area (Å²) in [4.78, 5) is 16.6. The number of anilines is 1. The molecule has 0 bridgehead atoms. The summed E-state index contributed by atoms with van der Waals surface area (Å²) in [6, 6.07) is 4.64. The molecule has 0 radical (unpaired) electrons. The lowest BCUT2D eigenvalue weighted by Gasteiger charge is -2.14. The predicted octanol–water partition coefficient (Wildman–Crippen LogP) is 1.39. The molecule has 0 fully saturated rings. The van der Waals surface area contributed by atoms with E-state index in [0.29, 0.717) is 18.5 Å². The van der Waals surface area contributed by atoms with Gasteiger partial charge in [0, 0.05) is 39.4 Å². The Morgan fingerprint density at radius 1 is 1.47 bits per heavy atom. The number of aliphatic hydroxyl groups is 1. The van der Waals surface area contributed by atoms with Gasteiger partial charge in [0.1, 0.15) is 0 Å². The van der Waals surface area contributed by atoms with Gasteiger partial charge >= 0.3 is 0 Å². The predicted molar refractivity (Wildman–Crippen MR) is 72.4 cm³/mol. The number of imidazole rings is 1. The van der Waals surface area contributed by atoms with Crippen molar-refractivity contribution in [1.82, 2.24) is 9.55 Å². The fourth-order valence-corrected chi connectivity index (χ4v) is 2.01. The monoisotopic (exact) mass is 264 g/mol. The Morgan fingerprint density at radius 2 is 2.21 bits per heavy atom. The molecule has 19 heavy (non-hydrogen) atoms. The summed E-state index contributed by atoms with van der Waals surface area (Å²) < 4.78 is 1.95. The molecule has 0 aliphatic heterocycles. The number of fused-ring (bicyclic) bond motifs is 1. The third-order valence-electron chi connectivity index (χ3n) is 2.86. The minimum Gasteiger partial charge on any atom is -0.396 e. The van der Waals surface area contributed by atoms with E-state index in [9.17, 15) is 10.1 Å². The molecule has 0 saturated heterocycles. The van der Waals surface area contributed by atoms with Crippen molar-refractivity contribution in [3.05, 3.63) is 28.3 Å². The van der Waals surface area contributed by atoms with Gasteiger partial charge in [-0.25, -0.2) is 4.98 Å². The van der Waals surface area contributed by atoms with Gasteiger partial charge in [0.2, 0.25) is 5.95 Å². The van der Waals surface area contributed by atoms with Crippen molar-refractivity contribution in [1.29, 1.82) is 0 Å². The van der Waals surface area contributed by atoms with Crippen molar-refractivity contribution >= 4 is 22.7 Å².